The first-order valence-electron chi connectivity index (χ1n) is 8.88. The third kappa shape index (κ3) is 3.82. The van der Waals surface area contributed by atoms with Gasteiger partial charge in [0.05, 0.1) is 13.7 Å². The van der Waals surface area contributed by atoms with Gasteiger partial charge in [0.25, 0.3) is 0 Å². The molecule has 144 valence electrons. The molecule has 1 fully saturated rings. The minimum Gasteiger partial charge on any atom is -0.497 e. The van der Waals surface area contributed by atoms with Crippen LogP contribution in [0.5, 0.6) is 5.75 Å². The molecule has 0 saturated carbocycles. The molecule has 1 atom stereocenters. The highest BCUT2D eigenvalue weighted by Gasteiger charge is 2.24. The van der Waals surface area contributed by atoms with E-state index in [-0.39, 0.29) is 12.2 Å². The lowest BCUT2D eigenvalue weighted by molar-refractivity contribution is 0.150. The van der Waals surface area contributed by atoms with Crippen LogP contribution in [0.15, 0.2) is 53.7 Å². The van der Waals surface area contributed by atoms with E-state index in [1.165, 1.54) is 17.3 Å². The van der Waals surface area contributed by atoms with Crippen LogP contribution in [0.3, 0.4) is 0 Å². The Morgan fingerprint density at radius 1 is 1.18 bits per heavy atom. The van der Waals surface area contributed by atoms with Gasteiger partial charge < -0.3 is 14.8 Å². The maximum Gasteiger partial charge on any atom is 0.407 e. The lowest BCUT2D eigenvalue weighted by Crippen LogP contribution is -2.17. The highest BCUT2D eigenvalue weighted by Crippen LogP contribution is 2.30. The van der Waals surface area contributed by atoms with Gasteiger partial charge in [-0.1, -0.05) is 29.5 Å². The monoisotopic (exact) mass is 396 g/mol. The van der Waals surface area contributed by atoms with E-state index in [9.17, 15) is 4.79 Å². The first kappa shape index (κ1) is 18.4. The van der Waals surface area contributed by atoms with Crippen LogP contribution in [0.2, 0.25) is 0 Å². The first-order chi connectivity index (χ1) is 13.6. The molecule has 0 bridgehead atoms. The number of nitrogens with one attached hydrogen (secondary N) is 1. The molecule has 1 aromatic heterocycles. The number of amides is 1. The first-order valence-corrected chi connectivity index (χ1v) is 9.87. The highest BCUT2D eigenvalue weighted by molar-refractivity contribution is 7.99. The van der Waals surface area contributed by atoms with Gasteiger partial charge in [-0.25, -0.2) is 4.79 Å². The summed E-state index contributed by atoms with van der Waals surface area (Å²) in [4.78, 5) is 11.2. The number of thioether (sulfide) groups is 1. The van der Waals surface area contributed by atoms with E-state index in [2.05, 4.69) is 34.6 Å². The predicted molar refractivity (Wildman–Crippen MR) is 107 cm³/mol. The molecule has 1 aliphatic heterocycles. The average Bonchev–Trinajstić information content (AvgIpc) is 3.33. The molecule has 0 radical (unpaired) electrons. The molecule has 1 amide bonds. The fourth-order valence-corrected chi connectivity index (χ4v) is 3.85. The smallest absolute Gasteiger partial charge is 0.407 e. The number of alkyl carbamates (subject to hydrolysis) is 1. The third-order valence-corrected chi connectivity index (χ3v) is 5.48. The van der Waals surface area contributed by atoms with Crippen molar-refractivity contribution in [2.24, 2.45) is 0 Å². The number of hydrogen-bond acceptors (Lipinski definition) is 6. The van der Waals surface area contributed by atoms with Gasteiger partial charge in [0.2, 0.25) is 0 Å². The fourth-order valence-electron chi connectivity index (χ4n) is 2.91. The second kappa shape index (κ2) is 7.93. The van der Waals surface area contributed by atoms with Crippen LogP contribution in [0.25, 0.3) is 17.1 Å². The largest absolute Gasteiger partial charge is 0.497 e. The Morgan fingerprint density at radius 3 is 2.57 bits per heavy atom. The van der Waals surface area contributed by atoms with E-state index in [0.29, 0.717) is 12.3 Å². The average molecular weight is 396 g/mol. The molecule has 3 aromatic rings. The summed E-state index contributed by atoms with van der Waals surface area (Å²) in [6, 6.07) is 15.9. The Labute approximate surface area is 167 Å². The van der Waals surface area contributed by atoms with Crippen LogP contribution < -0.4 is 10.1 Å². The summed E-state index contributed by atoms with van der Waals surface area (Å²) in [6.07, 6.45) is -0.547. The number of methoxy groups -OCH3 is 1. The van der Waals surface area contributed by atoms with Gasteiger partial charge in [0.15, 0.2) is 11.0 Å². The standard InChI is InChI=1S/C20H20N4O3S/c1-13-3-7-15(8-4-13)24-18(14-5-9-16(26-2)10-6-14)22-23-19(24)28-12-17-11-21-20(25)27-17/h3-10,17H,11-12H2,1-2H3,(H,21,25)/t17-/m1/s1. The third-order valence-electron chi connectivity index (χ3n) is 4.42. The number of nitrogens with zero attached hydrogens (tertiary/aromatic N) is 3. The van der Waals surface area contributed by atoms with Gasteiger partial charge in [0, 0.05) is 17.0 Å². The Morgan fingerprint density at radius 2 is 1.93 bits per heavy atom. The molecule has 2 aromatic carbocycles. The normalized spacial score (nSPS) is 15.9. The summed E-state index contributed by atoms with van der Waals surface area (Å²) in [5.74, 6) is 2.14. The Kier molecular flexibility index (Phi) is 5.21. The summed E-state index contributed by atoms with van der Waals surface area (Å²) < 4.78 is 12.5. The van der Waals surface area contributed by atoms with Crippen molar-refractivity contribution in [3.8, 4) is 22.8 Å². The summed E-state index contributed by atoms with van der Waals surface area (Å²) in [6.45, 7) is 2.56. The number of aryl methyl sites for hydroxylation is 1. The van der Waals surface area contributed by atoms with Gasteiger partial charge in [-0.3, -0.25) is 4.57 Å². The van der Waals surface area contributed by atoms with Gasteiger partial charge in [-0.05, 0) is 43.3 Å². The van der Waals surface area contributed by atoms with Crippen LogP contribution in [0.1, 0.15) is 5.56 Å². The molecule has 7 nitrogen and oxygen atoms in total. The molecule has 0 aliphatic carbocycles. The molecule has 1 saturated heterocycles. The Balaban J connectivity index is 1.68. The topological polar surface area (TPSA) is 78.3 Å². The minimum atomic E-state index is -0.371. The van der Waals surface area contributed by atoms with Crippen molar-refractivity contribution in [3.63, 3.8) is 0 Å². The van der Waals surface area contributed by atoms with Crippen molar-refractivity contribution in [3.05, 3.63) is 54.1 Å². The number of carbonyl (C=O) groups excluding carboxylic acids is 1. The molecule has 8 heteroatoms. The molecule has 1 N–H and O–H groups in total. The molecule has 2 heterocycles. The lowest BCUT2D eigenvalue weighted by Gasteiger charge is -2.12. The molecule has 0 unspecified atom stereocenters. The maximum atomic E-state index is 11.2. The van der Waals surface area contributed by atoms with Crippen molar-refractivity contribution in [1.29, 1.82) is 0 Å². The van der Waals surface area contributed by atoms with Crippen molar-refractivity contribution >= 4 is 17.9 Å². The summed E-state index contributed by atoms with van der Waals surface area (Å²) >= 11 is 1.52. The summed E-state index contributed by atoms with van der Waals surface area (Å²) in [5, 5.41) is 12.2. The zero-order valence-corrected chi connectivity index (χ0v) is 16.4. The summed E-state index contributed by atoms with van der Waals surface area (Å²) in [7, 11) is 1.64. The number of rotatable bonds is 6. The van der Waals surface area contributed by atoms with E-state index in [1.807, 2.05) is 41.0 Å². The number of benzene rings is 2. The van der Waals surface area contributed by atoms with Gasteiger partial charge in [-0.15, -0.1) is 10.2 Å². The molecule has 4 rings (SSSR count). The van der Waals surface area contributed by atoms with Crippen LogP contribution in [-0.4, -0.2) is 46.4 Å². The molecular formula is C20H20N4O3S. The molecular weight excluding hydrogens is 376 g/mol. The zero-order valence-electron chi connectivity index (χ0n) is 15.6. The number of ether oxygens (including phenoxy) is 2. The SMILES string of the molecule is COc1ccc(-c2nnc(SC[C@H]3CNC(=O)O3)n2-c2ccc(C)cc2)cc1. The lowest BCUT2D eigenvalue weighted by atomic mass is 10.2. The van der Waals surface area contributed by atoms with Crippen molar-refractivity contribution < 1.29 is 14.3 Å². The molecule has 1 aliphatic rings. The number of hydrogen-bond donors (Lipinski definition) is 1. The molecule has 0 spiro atoms. The van der Waals surface area contributed by atoms with Crippen molar-refractivity contribution in [1.82, 2.24) is 20.1 Å². The molecule has 28 heavy (non-hydrogen) atoms. The zero-order chi connectivity index (χ0) is 19.5. The van der Waals surface area contributed by atoms with Crippen molar-refractivity contribution in [2.45, 2.75) is 18.2 Å². The quantitative estimate of drug-likeness (QED) is 0.643. The Hall–Kier alpha value is -3.00. The van der Waals surface area contributed by atoms with Gasteiger partial charge in [-0.2, -0.15) is 0 Å². The highest BCUT2D eigenvalue weighted by atomic mass is 32.2. The number of carbonyl (C=O) groups is 1. The van der Waals surface area contributed by atoms with Crippen molar-refractivity contribution in [2.75, 3.05) is 19.4 Å². The predicted octanol–water partition coefficient (Wildman–Crippen LogP) is 3.45. The van der Waals surface area contributed by atoms with Crippen LogP contribution in [0.4, 0.5) is 4.79 Å². The second-order valence-electron chi connectivity index (χ2n) is 6.42. The maximum absolute atomic E-state index is 11.2. The minimum absolute atomic E-state index is 0.176. The van der Waals surface area contributed by atoms with E-state index in [1.54, 1.807) is 7.11 Å². The van der Waals surface area contributed by atoms with Crippen LogP contribution >= 0.6 is 11.8 Å². The van der Waals surface area contributed by atoms with E-state index >= 15 is 0 Å². The summed E-state index contributed by atoms with van der Waals surface area (Å²) in [5.41, 5.74) is 3.10. The van der Waals surface area contributed by atoms with Gasteiger partial charge in [0.1, 0.15) is 11.9 Å². The fraction of sp³-hybridized carbons (Fsp3) is 0.250. The van der Waals surface area contributed by atoms with E-state index in [0.717, 1.165) is 28.0 Å². The van der Waals surface area contributed by atoms with Crippen LogP contribution in [0, 0.1) is 6.92 Å². The number of cyclic esters (lactones) is 1. The van der Waals surface area contributed by atoms with E-state index in [4.69, 9.17) is 9.47 Å². The second-order valence-corrected chi connectivity index (χ2v) is 7.41. The van der Waals surface area contributed by atoms with Crippen LogP contribution in [-0.2, 0) is 4.74 Å². The van der Waals surface area contributed by atoms with E-state index < -0.39 is 0 Å². The van der Waals surface area contributed by atoms with Gasteiger partial charge >= 0.3 is 6.09 Å². The number of aromatic nitrogens is 3. The Bertz CT molecular complexity index is 970.